The standard InChI is InChI=1S/C9H14N2/c1-6(2)5-9-7(3)10-8(4)11-9/h5H,1-4H3,(H,10,11). The Balaban J connectivity index is 3.04. The summed E-state index contributed by atoms with van der Waals surface area (Å²) in [6.07, 6.45) is 2.08. The molecule has 1 rings (SSSR count). The lowest BCUT2D eigenvalue weighted by Crippen LogP contribution is -1.76. The van der Waals surface area contributed by atoms with Crippen molar-refractivity contribution in [3.63, 3.8) is 0 Å². The van der Waals surface area contributed by atoms with E-state index in [-0.39, 0.29) is 0 Å². The molecule has 0 atom stereocenters. The number of hydrogen-bond acceptors (Lipinski definition) is 1. The first-order valence-corrected chi connectivity index (χ1v) is 3.77. The summed E-state index contributed by atoms with van der Waals surface area (Å²) in [5.74, 6) is 0.981. The molecule has 0 aliphatic heterocycles. The highest BCUT2D eigenvalue weighted by Crippen LogP contribution is 2.08. The van der Waals surface area contributed by atoms with E-state index in [1.54, 1.807) is 0 Å². The largest absolute Gasteiger partial charge is 0.346 e. The quantitative estimate of drug-likeness (QED) is 0.654. The van der Waals surface area contributed by atoms with Crippen LogP contribution in [0.4, 0.5) is 0 Å². The number of nitrogens with zero attached hydrogens (tertiary/aromatic N) is 1. The first-order chi connectivity index (χ1) is 5.09. The summed E-state index contributed by atoms with van der Waals surface area (Å²) in [4.78, 5) is 7.48. The van der Waals surface area contributed by atoms with Gasteiger partial charge in [-0.2, -0.15) is 0 Å². The van der Waals surface area contributed by atoms with E-state index in [1.165, 1.54) is 5.57 Å². The van der Waals surface area contributed by atoms with Gasteiger partial charge in [0.05, 0.1) is 5.69 Å². The molecule has 1 N–H and O–H groups in total. The van der Waals surface area contributed by atoms with Gasteiger partial charge < -0.3 is 4.98 Å². The molecule has 0 aliphatic carbocycles. The van der Waals surface area contributed by atoms with Gasteiger partial charge in [-0.05, 0) is 33.8 Å². The van der Waals surface area contributed by atoms with Gasteiger partial charge in [0.25, 0.3) is 0 Å². The lowest BCUT2D eigenvalue weighted by molar-refractivity contribution is 1.13. The highest BCUT2D eigenvalue weighted by molar-refractivity contribution is 5.50. The minimum atomic E-state index is 0.981. The van der Waals surface area contributed by atoms with Crippen molar-refractivity contribution in [2.45, 2.75) is 27.7 Å². The second-order valence-corrected chi connectivity index (χ2v) is 3.05. The molecule has 0 spiro atoms. The number of nitrogens with one attached hydrogen (secondary N) is 1. The number of aryl methyl sites for hydroxylation is 2. The fourth-order valence-electron chi connectivity index (χ4n) is 1.04. The van der Waals surface area contributed by atoms with Crippen molar-refractivity contribution in [3.8, 4) is 0 Å². The highest BCUT2D eigenvalue weighted by atomic mass is 14.9. The van der Waals surface area contributed by atoms with Crippen molar-refractivity contribution >= 4 is 6.08 Å². The van der Waals surface area contributed by atoms with Gasteiger partial charge in [-0.15, -0.1) is 0 Å². The lowest BCUT2D eigenvalue weighted by atomic mass is 10.2. The Labute approximate surface area is 67.4 Å². The zero-order valence-corrected chi connectivity index (χ0v) is 7.52. The zero-order valence-electron chi connectivity index (χ0n) is 7.52. The van der Waals surface area contributed by atoms with Crippen LogP contribution < -0.4 is 0 Å². The Bertz CT molecular complexity index is 278. The Morgan fingerprint density at radius 3 is 2.36 bits per heavy atom. The summed E-state index contributed by atoms with van der Waals surface area (Å²) >= 11 is 0. The van der Waals surface area contributed by atoms with E-state index in [9.17, 15) is 0 Å². The number of aromatic nitrogens is 2. The Kier molecular flexibility index (Phi) is 2.13. The molecule has 1 aromatic rings. The molecule has 1 heterocycles. The van der Waals surface area contributed by atoms with E-state index in [4.69, 9.17) is 0 Å². The van der Waals surface area contributed by atoms with Gasteiger partial charge in [-0.1, -0.05) is 5.57 Å². The van der Waals surface area contributed by atoms with Crippen LogP contribution in [0.2, 0.25) is 0 Å². The third kappa shape index (κ3) is 1.93. The summed E-state index contributed by atoms with van der Waals surface area (Å²) in [6.45, 7) is 8.15. The van der Waals surface area contributed by atoms with Crippen molar-refractivity contribution in [1.29, 1.82) is 0 Å². The molecule has 0 amide bonds. The van der Waals surface area contributed by atoms with Crippen LogP contribution in [0.3, 0.4) is 0 Å². The van der Waals surface area contributed by atoms with Crippen LogP contribution in [0.5, 0.6) is 0 Å². The van der Waals surface area contributed by atoms with Gasteiger partial charge in [0, 0.05) is 5.69 Å². The van der Waals surface area contributed by atoms with Crippen molar-refractivity contribution in [2.24, 2.45) is 0 Å². The monoisotopic (exact) mass is 150 g/mol. The highest BCUT2D eigenvalue weighted by Gasteiger charge is 1.98. The number of hydrogen-bond donors (Lipinski definition) is 1. The van der Waals surface area contributed by atoms with Gasteiger partial charge in [0.1, 0.15) is 5.82 Å². The SMILES string of the molecule is CC(C)=Cc1nc(C)[nH]c1C. The second-order valence-electron chi connectivity index (χ2n) is 3.05. The summed E-state index contributed by atoms with van der Waals surface area (Å²) in [6, 6.07) is 0. The van der Waals surface area contributed by atoms with Gasteiger partial charge in [-0.25, -0.2) is 4.98 Å². The normalized spacial score (nSPS) is 9.82. The molecule has 11 heavy (non-hydrogen) atoms. The van der Waals surface area contributed by atoms with Gasteiger partial charge in [-0.3, -0.25) is 0 Å². The van der Waals surface area contributed by atoms with E-state index in [0.717, 1.165) is 17.2 Å². The van der Waals surface area contributed by atoms with Crippen LogP contribution in [-0.4, -0.2) is 9.97 Å². The molecule has 0 saturated heterocycles. The minimum Gasteiger partial charge on any atom is -0.346 e. The molecular formula is C9H14N2. The molecule has 2 heteroatoms. The number of imidazole rings is 1. The number of H-pyrrole nitrogens is 1. The molecule has 0 radical (unpaired) electrons. The average Bonchev–Trinajstić information content (AvgIpc) is 2.09. The summed E-state index contributed by atoms with van der Waals surface area (Å²) < 4.78 is 0. The van der Waals surface area contributed by atoms with Gasteiger partial charge in [0.15, 0.2) is 0 Å². The topological polar surface area (TPSA) is 28.7 Å². The molecule has 0 aromatic carbocycles. The van der Waals surface area contributed by atoms with Crippen LogP contribution in [0.1, 0.15) is 31.1 Å². The number of allylic oxidation sites excluding steroid dienone is 1. The van der Waals surface area contributed by atoms with Crippen LogP contribution in [-0.2, 0) is 0 Å². The van der Waals surface area contributed by atoms with Crippen molar-refractivity contribution in [2.75, 3.05) is 0 Å². The summed E-state index contributed by atoms with van der Waals surface area (Å²) in [7, 11) is 0. The van der Waals surface area contributed by atoms with Crippen molar-refractivity contribution < 1.29 is 0 Å². The second kappa shape index (κ2) is 2.91. The number of rotatable bonds is 1. The predicted molar refractivity (Wildman–Crippen MR) is 47.4 cm³/mol. The predicted octanol–water partition coefficient (Wildman–Crippen LogP) is 2.45. The maximum atomic E-state index is 4.32. The van der Waals surface area contributed by atoms with Crippen LogP contribution in [0, 0.1) is 13.8 Å². The molecule has 1 aromatic heterocycles. The van der Waals surface area contributed by atoms with E-state index in [0.29, 0.717) is 0 Å². The van der Waals surface area contributed by atoms with Crippen LogP contribution in [0.15, 0.2) is 5.57 Å². The Morgan fingerprint density at radius 1 is 1.36 bits per heavy atom. The molecule has 0 unspecified atom stereocenters. The molecule has 0 fully saturated rings. The van der Waals surface area contributed by atoms with E-state index < -0.39 is 0 Å². The third-order valence-electron chi connectivity index (χ3n) is 1.47. The third-order valence-corrected chi connectivity index (χ3v) is 1.47. The summed E-state index contributed by atoms with van der Waals surface area (Å²) in [5.41, 5.74) is 3.48. The lowest BCUT2D eigenvalue weighted by Gasteiger charge is -1.88. The molecular weight excluding hydrogens is 136 g/mol. The Hall–Kier alpha value is -1.05. The first-order valence-electron chi connectivity index (χ1n) is 3.77. The molecule has 0 saturated carbocycles. The van der Waals surface area contributed by atoms with E-state index in [1.807, 2.05) is 13.8 Å². The van der Waals surface area contributed by atoms with E-state index >= 15 is 0 Å². The zero-order chi connectivity index (χ0) is 8.43. The number of aromatic amines is 1. The van der Waals surface area contributed by atoms with Gasteiger partial charge >= 0.3 is 0 Å². The maximum absolute atomic E-state index is 4.32. The Morgan fingerprint density at radius 2 is 2.00 bits per heavy atom. The minimum absolute atomic E-state index is 0.981. The molecule has 0 aliphatic rings. The van der Waals surface area contributed by atoms with Crippen LogP contribution in [0.25, 0.3) is 6.08 Å². The van der Waals surface area contributed by atoms with Gasteiger partial charge in [0.2, 0.25) is 0 Å². The van der Waals surface area contributed by atoms with Crippen molar-refractivity contribution in [1.82, 2.24) is 9.97 Å². The smallest absolute Gasteiger partial charge is 0.103 e. The average molecular weight is 150 g/mol. The molecule has 0 bridgehead atoms. The van der Waals surface area contributed by atoms with E-state index in [2.05, 4.69) is 29.9 Å². The summed E-state index contributed by atoms with van der Waals surface area (Å²) in [5, 5.41) is 0. The molecule has 2 nitrogen and oxygen atoms in total. The van der Waals surface area contributed by atoms with Crippen molar-refractivity contribution in [3.05, 3.63) is 22.8 Å². The fraction of sp³-hybridized carbons (Fsp3) is 0.444. The maximum Gasteiger partial charge on any atom is 0.103 e. The fourth-order valence-corrected chi connectivity index (χ4v) is 1.04. The van der Waals surface area contributed by atoms with Crippen LogP contribution >= 0.6 is 0 Å². The first kappa shape index (κ1) is 8.05. The molecule has 60 valence electrons.